The molecule has 4 aromatic carbocycles. The molecule has 0 fully saturated rings. The second-order valence-electron chi connectivity index (χ2n) is 18.4. The van der Waals surface area contributed by atoms with Crippen LogP contribution in [0.2, 0.25) is 0 Å². The number of rotatable bonds is 14. The normalized spacial score (nSPS) is 18.4. The summed E-state index contributed by atoms with van der Waals surface area (Å²) >= 11 is 0. The molecule has 4 aromatic rings. The zero-order valence-corrected chi connectivity index (χ0v) is 41.5. The lowest BCUT2D eigenvalue weighted by Crippen LogP contribution is -2.52. The first-order chi connectivity index (χ1) is 33.7. The molecule has 4 aliphatic rings. The van der Waals surface area contributed by atoms with Gasteiger partial charge in [-0.1, -0.05) is 36.4 Å². The average molecular weight is 1060 g/mol. The van der Waals surface area contributed by atoms with E-state index in [4.69, 9.17) is 0 Å². The highest BCUT2D eigenvalue weighted by Gasteiger charge is 2.50. The molecule has 6 amide bonds. The summed E-state index contributed by atoms with van der Waals surface area (Å²) < 4.78 is 84.6. The van der Waals surface area contributed by atoms with Crippen LogP contribution in [-0.2, 0) is 21.9 Å². The van der Waals surface area contributed by atoms with E-state index in [2.05, 4.69) is 12.1 Å². The number of quaternary nitrogens is 1. The van der Waals surface area contributed by atoms with Gasteiger partial charge in [-0.25, -0.2) is 9.59 Å². The van der Waals surface area contributed by atoms with Crippen molar-refractivity contribution >= 4 is 52.2 Å². The predicted molar refractivity (Wildman–Crippen MR) is 260 cm³/mol. The van der Waals surface area contributed by atoms with Crippen molar-refractivity contribution in [1.82, 2.24) is 19.6 Å². The Kier molecular flexibility index (Phi) is 15.0. The Labute approximate surface area is 423 Å². The van der Waals surface area contributed by atoms with E-state index in [9.17, 15) is 56.0 Å². The zero-order valence-electron chi connectivity index (χ0n) is 39.8. The summed E-state index contributed by atoms with van der Waals surface area (Å²) in [7, 11) is 3.88. The standard InChI is InChI=1S/C52H50F6N9O4.BrH/c1-5-61-31-41-43(47(61)68)45(35-19-15-33(29-59)16-20-35)63(49(70)65(41)39-13-7-11-37(27-39)51(53,54)55)23-9-25-67(3,4)26-10-24-64-46(36-21-17-34(30-60)18-22-36)44-42(32-62(6-2)48(44)69)66(50(64)71)40-14-8-12-38(28-40)52(56,57)58;/h7-8,11-22,27-28,45-46H,5-6,9-10,23-26,31-32H2,1-4H3;1H/q+1;/t45-,46-;/m0./s1. The summed E-state index contributed by atoms with van der Waals surface area (Å²) in [6.45, 7) is 5.03. The van der Waals surface area contributed by atoms with Crippen molar-refractivity contribution in [3.8, 4) is 12.1 Å². The lowest BCUT2D eigenvalue weighted by molar-refractivity contribution is -0.890. The molecule has 0 saturated heterocycles. The number of amides is 6. The monoisotopic (exact) mass is 1060 g/mol. The molecular formula is C52H51BrF6N9O4+. The fourth-order valence-corrected chi connectivity index (χ4v) is 9.97. The van der Waals surface area contributed by atoms with Crippen LogP contribution in [0, 0.1) is 22.7 Å². The number of hydrogen-bond donors (Lipinski definition) is 0. The molecule has 72 heavy (non-hydrogen) atoms. The quantitative estimate of drug-likeness (QED) is 0.0912. The van der Waals surface area contributed by atoms with Crippen LogP contribution in [0.5, 0.6) is 0 Å². The Morgan fingerprint density at radius 2 is 0.944 bits per heavy atom. The number of alkyl halides is 6. The number of carbonyl (C=O) groups is 4. The molecule has 0 bridgehead atoms. The van der Waals surface area contributed by atoms with Crippen LogP contribution >= 0.6 is 17.0 Å². The van der Waals surface area contributed by atoms with E-state index in [0.717, 1.165) is 24.3 Å². The minimum atomic E-state index is -4.71. The average Bonchev–Trinajstić information content (AvgIpc) is 3.85. The molecule has 2 atom stereocenters. The second kappa shape index (κ2) is 20.5. The van der Waals surface area contributed by atoms with E-state index in [1.165, 1.54) is 53.7 Å². The van der Waals surface area contributed by atoms with Crippen molar-refractivity contribution in [1.29, 1.82) is 10.5 Å². The van der Waals surface area contributed by atoms with Gasteiger partial charge in [-0.2, -0.15) is 36.9 Å². The number of hydrogen-bond acceptors (Lipinski definition) is 6. The maximum Gasteiger partial charge on any atom is 0.416 e. The molecule has 0 radical (unpaired) electrons. The highest BCUT2D eigenvalue weighted by molar-refractivity contribution is 8.93. The van der Waals surface area contributed by atoms with Gasteiger partial charge in [0.15, 0.2) is 0 Å². The van der Waals surface area contributed by atoms with Gasteiger partial charge in [-0.15, -0.1) is 17.0 Å². The van der Waals surface area contributed by atoms with Gasteiger partial charge in [-0.3, -0.25) is 19.4 Å². The van der Waals surface area contributed by atoms with Crippen LogP contribution in [0.3, 0.4) is 0 Å². The molecular weight excluding hydrogens is 1010 g/mol. The number of urea groups is 2. The van der Waals surface area contributed by atoms with Crippen LogP contribution in [0.1, 0.15) is 72.2 Å². The molecule has 0 N–H and O–H groups in total. The van der Waals surface area contributed by atoms with E-state index in [0.29, 0.717) is 52.7 Å². The highest BCUT2D eigenvalue weighted by atomic mass is 79.9. The largest absolute Gasteiger partial charge is 0.416 e. The van der Waals surface area contributed by atoms with Gasteiger partial charge in [-0.05, 0) is 85.6 Å². The van der Waals surface area contributed by atoms with Crippen LogP contribution in [-0.4, -0.2) is 114 Å². The van der Waals surface area contributed by atoms with Crippen molar-refractivity contribution < 1.29 is 50.0 Å². The Morgan fingerprint density at radius 1 is 0.583 bits per heavy atom. The number of halogens is 7. The Bertz CT molecular complexity index is 2730. The van der Waals surface area contributed by atoms with Crippen LogP contribution in [0.4, 0.5) is 47.3 Å². The Morgan fingerprint density at radius 3 is 1.26 bits per heavy atom. The molecule has 20 heteroatoms. The highest BCUT2D eigenvalue weighted by Crippen LogP contribution is 2.46. The van der Waals surface area contributed by atoms with Crippen molar-refractivity contribution in [2.24, 2.45) is 0 Å². The number of benzene rings is 4. The first-order valence-corrected chi connectivity index (χ1v) is 23.1. The van der Waals surface area contributed by atoms with Crippen LogP contribution in [0.15, 0.2) is 120 Å². The van der Waals surface area contributed by atoms with E-state index < -0.39 is 47.6 Å². The third-order valence-electron chi connectivity index (χ3n) is 13.6. The van der Waals surface area contributed by atoms with Gasteiger partial charge >= 0.3 is 24.4 Å². The van der Waals surface area contributed by atoms with Crippen molar-refractivity contribution in [2.75, 3.05) is 76.3 Å². The minimum Gasteiger partial charge on any atom is -0.333 e. The fraction of sp³-hybridized carbons (Fsp3) is 0.346. The number of anilines is 2. The van der Waals surface area contributed by atoms with Crippen LogP contribution in [0.25, 0.3) is 0 Å². The summed E-state index contributed by atoms with van der Waals surface area (Å²) in [5, 5.41) is 19.1. The first-order valence-electron chi connectivity index (χ1n) is 23.1. The van der Waals surface area contributed by atoms with E-state index in [1.54, 1.807) is 62.4 Å². The van der Waals surface area contributed by atoms with Crippen LogP contribution < -0.4 is 9.80 Å². The predicted octanol–water partition coefficient (Wildman–Crippen LogP) is 9.80. The molecule has 376 valence electrons. The third kappa shape index (κ3) is 10.0. The Hall–Kier alpha value is -7.16. The topological polar surface area (TPSA) is 135 Å². The maximum atomic E-state index is 14.9. The van der Waals surface area contributed by atoms with Crippen molar-refractivity contribution in [2.45, 2.75) is 51.1 Å². The summed E-state index contributed by atoms with van der Waals surface area (Å²) in [5.41, 5.74) is 0.768. The second-order valence-corrected chi connectivity index (χ2v) is 18.4. The molecule has 4 heterocycles. The number of nitriles is 2. The summed E-state index contributed by atoms with van der Waals surface area (Å²) in [4.78, 5) is 66.6. The Balaban J connectivity index is 0.00000760. The smallest absolute Gasteiger partial charge is 0.333 e. The number of likely N-dealkylation sites (N-methyl/N-ethyl adjacent to an activating group) is 2. The van der Waals surface area contributed by atoms with E-state index in [1.807, 2.05) is 14.1 Å². The van der Waals surface area contributed by atoms with Crippen molar-refractivity contribution in [3.63, 3.8) is 0 Å². The van der Waals surface area contributed by atoms with E-state index in [-0.39, 0.29) is 102 Å². The van der Waals surface area contributed by atoms with Gasteiger partial charge in [0.2, 0.25) is 0 Å². The lowest BCUT2D eigenvalue weighted by atomic mass is 9.92. The zero-order chi connectivity index (χ0) is 51.2. The van der Waals surface area contributed by atoms with Gasteiger partial charge in [0.1, 0.15) is 0 Å². The van der Waals surface area contributed by atoms with E-state index >= 15 is 0 Å². The third-order valence-corrected chi connectivity index (χ3v) is 13.6. The molecule has 4 aliphatic heterocycles. The molecule has 8 rings (SSSR count). The summed E-state index contributed by atoms with van der Waals surface area (Å²) in [5.74, 6) is -0.740. The lowest BCUT2D eigenvalue weighted by Gasteiger charge is -2.43. The number of carbonyl (C=O) groups excluding carboxylic acids is 4. The molecule has 0 saturated carbocycles. The molecule has 0 spiro atoms. The summed E-state index contributed by atoms with van der Waals surface area (Å²) in [6.07, 6.45) is -8.74. The van der Waals surface area contributed by atoms with Gasteiger partial charge in [0, 0.05) is 39.0 Å². The molecule has 0 aromatic heterocycles. The number of nitrogens with zero attached hydrogens (tertiary/aromatic N) is 9. The SMILES string of the molecule is Br.CCN1CC2=C(C1=O)[C@H](c1ccc(C#N)cc1)N(CCC[N+](C)(C)CCCN1C(=O)N(c3cccc(C(F)(F)F)c3)C3=C(C(=O)N(CC)C3)[C@@H]1c1ccc(C#N)cc1)C(=O)N2c1cccc(C(F)(F)F)c1. The summed E-state index contributed by atoms with van der Waals surface area (Å²) in [6, 6.07) is 22.8. The minimum absolute atomic E-state index is 0. The molecule has 0 unspecified atom stereocenters. The van der Waals surface area contributed by atoms with Gasteiger partial charge in [0.05, 0.1) is 121 Å². The first kappa shape index (κ1) is 52.7. The maximum absolute atomic E-state index is 14.9. The van der Waals surface area contributed by atoms with Gasteiger partial charge in [0.25, 0.3) is 11.8 Å². The fourth-order valence-electron chi connectivity index (χ4n) is 9.97. The van der Waals surface area contributed by atoms with Gasteiger partial charge < -0.3 is 24.1 Å². The molecule has 13 nitrogen and oxygen atoms in total. The molecule has 0 aliphatic carbocycles. The van der Waals surface area contributed by atoms with Crippen molar-refractivity contribution in [3.05, 3.63) is 153 Å².